The van der Waals surface area contributed by atoms with Gasteiger partial charge in [-0.1, -0.05) is 38.3 Å². The summed E-state index contributed by atoms with van der Waals surface area (Å²) < 4.78 is 5.46. The van der Waals surface area contributed by atoms with Crippen LogP contribution in [-0.4, -0.2) is 25.4 Å². The summed E-state index contributed by atoms with van der Waals surface area (Å²) in [4.78, 5) is 1.26. The zero-order valence-electron chi connectivity index (χ0n) is 13.4. The first-order valence-electron chi connectivity index (χ1n) is 8.34. The van der Waals surface area contributed by atoms with Crippen molar-refractivity contribution >= 4 is 11.8 Å². The molecule has 0 aromatic heterocycles. The van der Waals surface area contributed by atoms with Gasteiger partial charge in [0.2, 0.25) is 0 Å². The SMILES string of the molecule is CCCNC(CSc1ccccc1OC)C1CCCCC1. The van der Waals surface area contributed by atoms with Crippen molar-refractivity contribution in [2.24, 2.45) is 5.92 Å². The molecular weight excluding hydrogens is 278 g/mol. The molecular formula is C18H29NOS. The summed E-state index contributed by atoms with van der Waals surface area (Å²) in [5, 5.41) is 3.79. The number of ether oxygens (including phenoxy) is 1. The first-order valence-corrected chi connectivity index (χ1v) is 9.33. The molecule has 2 rings (SSSR count). The molecule has 0 aliphatic heterocycles. The number of hydrogen-bond acceptors (Lipinski definition) is 3. The molecule has 0 saturated heterocycles. The van der Waals surface area contributed by atoms with E-state index < -0.39 is 0 Å². The van der Waals surface area contributed by atoms with Crippen LogP contribution in [0.1, 0.15) is 45.4 Å². The van der Waals surface area contributed by atoms with Crippen molar-refractivity contribution in [2.75, 3.05) is 19.4 Å². The molecule has 21 heavy (non-hydrogen) atoms. The van der Waals surface area contributed by atoms with Gasteiger partial charge in [0, 0.05) is 16.7 Å². The maximum absolute atomic E-state index is 5.46. The summed E-state index contributed by atoms with van der Waals surface area (Å²) in [5.74, 6) is 3.00. The Bertz CT molecular complexity index is 404. The van der Waals surface area contributed by atoms with E-state index in [1.165, 1.54) is 43.4 Å². The van der Waals surface area contributed by atoms with Gasteiger partial charge in [0.05, 0.1) is 7.11 Å². The highest BCUT2D eigenvalue weighted by atomic mass is 32.2. The lowest BCUT2D eigenvalue weighted by atomic mass is 9.84. The maximum Gasteiger partial charge on any atom is 0.132 e. The third-order valence-electron chi connectivity index (χ3n) is 4.36. The second-order valence-corrected chi connectivity index (χ2v) is 6.98. The fraction of sp³-hybridized carbons (Fsp3) is 0.667. The van der Waals surface area contributed by atoms with E-state index in [1.807, 2.05) is 17.8 Å². The van der Waals surface area contributed by atoms with E-state index in [9.17, 15) is 0 Å². The third kappa shape index (κ3) is 5.23. The van der Waals surface area contributed by atoms with Crippen LogP contribution in [0.15, 0.2) is 29.2 Å². The quantitative estimate of drug-likeness (QED) is 0.701. The molecule has 1 aliphatic rings. The van der Waals surface area contributed by atoms with Crippen molar-refractivity contribution in [3.8, 4) is 5.75 Å². The second-order valence-electron chi connectivity index (χ2n) is 5.92. The lowest BCUT2D eigenvalue weighted by molar-refractivity contribution is 0.285. The van der Waals surface area contributed by atoms with Gasteiger partial charge in [0.15, 0.2) is 0 Å². The Morgan fingerprint density at radius 1 is 1.24 bits per heavy atom. The normalized spacial score (nSPS) is 17.6. The third-order valence-corrected chi connectivity index (χ3v) is 5.54. The molecule has 1 atom stereocenters. The Kier molecular flexibility index (Phi) is 7.45. The van der Waals surface area contributed by atoms with E-state index in [1.54, 1.807) is 7.11 Å². The van der Waals surface area contributed by atoms with Crippen LogP contribution in [0.4, 0.5) is 0 Å². The summed E-state index contributed by atoms with van der Waals surface area (Å²) in [6, 6.07) is 9.00. The molecule has 0 radical (unpaired) electrons. The van der Waals surface area contributed by atoms with Crippen LogP contribution in [0.5, 0.6) is 5.75 Å². The number of hydrogen-bond donors (Lipinski definition) is 1. The average molecular weight is 308 g/mol. The van der Waals surface area contributed by atoms with Crippen molar-refractivity contribution in [3.05, 3.63) is 24.3 Å². The van der Waals surface area contributed by atoms with Crippen LogP contribution in [0, 0.1) is 5.92 Å². The van der Waals surface area contributed by atoms with Crippen molar-refractivity contribution in [1.29, 1.82) is 0 Å². The molecule has 1 unspecified atom stereocenters. The first kappa shape index (κ1) is 16.7. The predicted octanol–water partition coefficient (Wildman–Crippen LogP) is 4.74. The number of rotatable bonds is 8. The first-order chi connectivity index (χ1) is 10.3. The molecule has 1 aromatic carbocycles. The number of benzene rings is 1. The second kappa shape index (κ2) is 9.37. The molecule has 0 bridgehead atoms. The standard InChI is InChI=1S/C18H29NOS/c1-3-13-19-16(15-9-5-4-6-10-15)14-21-18-12-8-7-11-17(18)20-2/h7-8,11-12,15-16,19H,3-6,9-10,13-14H2,1-2H3. The average Bonchev–Trinajstić information content (AvgIpc) is 2.56. The fourth-order valence-corrected chi connectivity index (χ4v) is 4.36. The largest absolute Gasteiger partial charge is 0.496 e. The van der Waals surface area contributed by atoms with Gasteiger partial charge in [-0.05, 0) is 43.9 Å². The highest BCUT2D eigenvalue weighted by molar-refractivity contribution is 7.99. The number of methoxy groups -OCH3 is 1. The summed E-state index contributed by atoms with van der Waals surface area (Å²) in [6.07, 6.45) is 8.25. The van der Waals surface area contributed by atoms with Crippen molar-refractivity contribution < 1.29 is 4.74 Å². The molecule has 1 aromatic rings. The zero-order chi connectivity index (χ0) is 14.9. The molecule has 1 aliphatic carbocycles. The van der Waals surface area contributed by atoms with Crippen molar-refractivity contribution in [2.45, 2.75) is 56.4 Å². The van der Waals surface area contributed by atoms with Crippen LogP contribution in [-0.2, 0) is 0 Å². The summed E-state index contributed by atoms with van der Waals surface area (Å²) in [7, 11) is 1.76. The summed E-state index contributed by atoms with van der Waals surface area (Å²) >= 11 is 1.94. The van der Waals surface area contributed by atoms with Gasteiger partial charge in [0.25, 0.3) is 0 Å². The molecule has 0 spiro atoms. The lowest BCUT2D eigenvalue weighted by Crippen LogP contribution is -2.39. The highest BCUT2D eigenvalue weighted by Gasteiger charge is 2.23. The smallest absolute Gasteiger partial charge is 0.132 e. The summed E-state index contributed by atoms with van der Waals surface area (Å²) in [5.41, 5.74) is 0. The van der Waals surface area contributed by atoms with Crippen LogP contribution in [0.2, 0.25) is 0 Å². The predicted molar refractivity (Wildman–Crippen MR) is 92.4 cm³/mol. The van der Waals surface area contributed by atoms with Crippen LogP contribution >= 0.6 is 11.8 Å². The van der Waals surface area contributed by atoms with E-state index in [4.69, 9.17) is 4.74 Å². The van der Waals surface area contributed by atoms with Gasteiger partial charge in [-0.3, -0.25) is 0 Å². The molecule has 3 heteroatoms. The Labute approximate surface area is 134 Å². The topological polar surface area (TPSA) is 21.3 Å². The molecule has 1 N–H and O–H groups in total. The van der Waals surface area contributed by atoms with Gasteiger partial charge in [-0.25, -0.2) is 0 Å². The summed E-state index contributed by atoms with van der Waals surface area (Å²) in [6.45, 7) is 3.38. The van der Waals surface area contributed by atoms with E-state index in [0.29, 0.717) is 6.04 Å². The van der Waals surface area contributed by atoms with E-state index in [-0.39, 0.29) is 0 Å². The highest BCUT2D eigenvalue weighted by Crippen LogP contribution is 2.33. The number of nitrogens with one attached hydrogen (secondary N) is 1. The van der Waals surface area contributed by atoms with Crippen LogP contribution < -0.4 is 10.1 Å². The van der Waals surface area contributed by atoms with Gasteiger partial charge >= 0.3 is 0 Å². The molecule has 1 saturated carbocycles. The Morgan fingerprint density at radius 3 is 2.71 bits per heavy atom. The Hall–Kier alpha value is -0.670. The van der Waals surface area contributed by atoms with E-state index in [2.05, 4.69) is 30.4 Å². The minimum absolute atomic E-state index is 0.639. The molecule has 118 valence electrons. The molecule has 2 nitrogen and oxygen atoms in total. The van der Waals surface area contributed by atoms with Gasteiger partial charge < -0.3 is 10.1 Å². The Balaban J connectivity index is 1.94. The minimum atomic E-state index is 0.639. The molecule has 1 fully saturated rings. The number of para-hydroxylation sites is 1. The maximum atomic E-state index is 5.46. The zero-order valence-corrected chi connectivity index (χ0v) is 14.3. The molecule has 0 heterocycles. The van der Waals surface area contributed by atoms with E-state index >= 15 is 0 Å². The lowest BCUT2D eigenvalue weighted by Gasteiger charge is -2.31. The van der Waals surface area contributed by atoms with E-state index in [0.717, 1.165) is 24.0 Å². The van der Waals surface area contributed by atoms with Gasteiger partial charge in [-0.2, -0.15) is 0 Å². The minimum Gasteiger partial charge on any atom is -0.496 e. The van der Waals surface area contributed by atoms with Crippen LogP contribution in [0.3, 0.4) is 0 Å². The number of thioether (sulfide) groups is 1. The van der Waals surface area contributed by atoms with Crippen molar-refractivity contribution in [1.82, 2.24) is 5.32 Å². The fourth-order valence-electron chi connectivity index (χ4n) is 3.15. The van der Waals surface area contributed by atoms with Gasteiger partial charge in [0.1, 0.15) is 5.75 Å². The van der Waals surface area contributed by atoms with Crippen LogP contribution in [0.25, 0.3) is 0 Å². The van der Waals surface area contributed by atoms with Crippen molar-refractivity contribution in [3.63, 3.8) is 0 Å². The monoisotopic (exact) mass is 307 g/mol. The molecule has 0 amide bonds. The van der Waals surface area contributed by atoms with Gasteiger partial charge in [-0.15, -0.1) is 11.8 Å². The Morgan fingerprint density at radius 2 is 2.00 bits per heavy atom.